The van der Waals surface area contributed by atoms with Gasteiger partial charge in [-0.05, 0) is 70.5 Å². The fourth-order valence-corrected chi connectivity index (χ4v) is 6.80. The molecular weight excluding hydrogens is 448 g/mol. The van der Waals surface area contributed by atoms with Crippen molar-refractivity contribution in [2.24, 2.45) is 0 Å². The molecule has 3 fully saturated rings. The number of likely N-dealkylation sites (N-methyl/N-ethyl adjacent to an activating group) is 1. The number of piperazine rings is 1. The SMILES string of the molecule is CN1C2CCC1CN(c1cccc3nc(C4CCC[C@@H](c5ncccc5Cl)N4C)c(CO)n13)C2. The molecule has 6 heterocycles. The first kappa shape index (κ1) is 22.3. The number of hydrogen-bond acceptors (Lipinski definition) is 6. The average Bonchev–Trinajstić information content (AvgIpc) is 3.30. The minimum absolute atomic E-state index is 0.0343. The topological polar surface area (TPSA) is 60.1 Å². The molecule has 3 aliphatic heterocycles. The zero-order chi connectivity index (χ0) is 23.4. The van der Waals surface area contributed by atoms with Gasteiger partial charge in [0.25, 0.3) is 0 Å². The Labute approximate surface area is 206 Å². The van der Waals surface area contributed by atoms with Gasteiger partial charge in [0.2, 0.25) is 0 Å². The molecule has 3 unspecified atom stereocenters. The van der Waals surface area contributed by atoms with Crippen LogP contribution in [0.1, 0.15) is 61.3 Å². The second kappa shape index (κ2) is 8.79. The Morgan fingerprint density at radius 1 is 0.941 bits per heavy atom. The molecule has 0 saturated carbocycles. The smallest absolute Gasteiger partial charge is 0.138 e. The molecule has 3 saturated heterocycles. The van der Waals surface area contributed by atoms with Crippen molar-refractivity contribution in [3.8, 4) is 0 Å². The van der Waals surface area contributed by atoms with Gasteiger partial charge in [-0.15, -0.1) is 0 Å². The molecule has 180 valence electrons. The van der Waals surface area contributed by atoms with Crippen LogP contribution in [0.4, 0.5) is 5.82 Å². The van der Waals surface area contributed by atoms with E-state index in [2.05, 4.69) is 56.4 Å². The summed E-state index contributed by atoms with van der Waals surface area (Å²) in [6, 6.07) is 11.6. The predicted octanol–water partition coefficient (Wildman–Crippen LogP) is 4.06. The van der Waals surface area contributed by atoms with Crippen molar-refractivity contribution in [1.82, 2.24) is 24.2 Å². The first-order valence-electron chi connectivity index (χ1n) is 12.5. The molecule has 0 radical (unpaired) electrons. The van der Waals surface area contributed by atoms with E-state index < -0.39 is 0 Å². The number of aliphatic hydroxyl groups excluding tert-OH is 1. The van der Waals surface area contributed by atoms with Gasteiger partial charge in [0, 0.05) is 31.4 Å². The molecule has 8 heteroatoms. The van der Waals surface area contributed by atoms with Gasteiger partial charge in [-0.3, -0.25) is 19.2 Å². The summed E-state index contributed by atoms with van der Waals surface area (Å²) in [6.07, 6.45) is 7.43. The Balaban J connectivity index is 1.39. The van der Waals surface area contributed by atoms with Crippen molar-refractivity contribution >= 4 is 23.1 Å². The molecule has 3 aliphatic rings. The standard InChI is InChI=1S/C26H33ClN6O/c1-30-17-11-12-18(30)15-32(14-17)24-10-4-9-23-29-26(22(16-34)33(23)24)21-8-3-7-20(31(21)2)25-19(27)6-5-13-28-25/h4-6,9-10,13,17-18,20-21,34H,3,7-8,11-12,14-16H2,1-2H3/t17?,18?,20-,21?/m0/s1. The summed E-state index contributed by atoms with van der Waals surface area (Å²) in [4.78, 5) is 17.1. The molecule has 6 rings (SSSR count). The number of pyridine rings is 2. The number of nitrogens with zero attached hydrogens (tertiary/aromatic N) is 6. The minimum atomic E-state index is -0.0343. The summed E-state index contributed by atoms with van der Waals surface area (Å²) in [5.41, 5.74) is 3.72. The third kappa shape index (κ3) is 3.52. The summed E-state index contributed by atoms with van der Waals surface area (Å²) in [5.74, 6) is 1.15. The predicted molar refractivity (Wildman–Crippen MR) is 134 cm³/mol. The number of anilines is 1. The third-order valence-corrected chi connectivity index (χ3v) is 8.75. The highest BCUT2D eigenvalue weighted by molar-refractivity contribution is 6.31. The molecule has 2 bridgehead atoms. The highest BCUT2D eigenvalue weighted by Gasteiger charge is 2.39. The number of likely N-dealkylation sites (tertiary alicyclic amines) is 1. The van der Waals surface area contributed by atoms with Crippen molar-refractivity contribution in [1.29, 1.82) is 0 Å². The van der Waals surface area contributed by atoms with Crippen LogP contribution < -0.4 is 4.90 Å². The van der Waals surface area contributed by atoms with E-state index in [0.717, 1.165) is 60.9 Å². The van der Waals surface area contributed by atoms with Crippen LogP contribution in [0.3, 0.4) is 0 Å². The zero-order valence-electron chi connectivity index (χ0n) is 19.9. The lowest BCUT2D eigenvalue weighted by Crippen LogP contribution is -2.52. The normalized spacial score (nSPS) is 28.2. The van der Waals surface area contributed by atoms with E-state index in [1.54, 1.807) is 0 Å². The maximum Gasteiger partial charge on any atom is 0.138 e. The van der Waals surface area contributed by atoms with Crippen molar-refractivity contribution in [2.45, 2.75) is 62.9 Å². The minimum Gasteiger partial charge on any atom is -0.390 e. The van der Waals surface area contributed by atoms with Gasteiger partial charge in [0.05, 0.1) is 40.8 Å². The first-order valence-corrected chi connectivity index (χ1v) is 12.8. The van der Waals surface area contributed by atoms with E-state index in [0.29, 0.717) is 17.1 Å². The van der Waals surface area contributed by atoms with Crippen LogP contribution in [-0.4, -0.2) is 68.5 Å². The molecule has 0 spiro atoms. The molecule has 3 aromatic heterocycles. The van der Waals surface area contributed by atoms with Gasteiger partial charge >= 0.3 is 0 Å². The van der Waals surface area contributed by atoms with E-state index in [4.69, 9.17) is 16.6 Å². The van der Waals surface area contributed by atoms with Crippen LogP contribution >= 0.6 is 11.6 Å². The zero-order valence-corrected chi connectivity index (χ0v) is 20.7. The lowest BCUT2D eigenvalue weighted by atomic mass is 9.91. The highest BCUT2D eigenvalue weighted by Crippen LogP contribution is 2.43. The number of halogens is 1. The number of aliphatic hydroxyl groups is 1. The third-order valence-electron chi connectivity index (χ3n) is 8.43. The maximum absolute atomic E-state index is 10.6. The van der Waals surface area contributed by atoms with Crippen LogP contribution in [0.5, 0.6) is 0 Å². The Morgan fingerprint density at radius 3 is 2.38 bits per heavy atom. The number of hydrogen-bond donors (Lipinski definition) is 1. The summed E-state index contributed by atoms with van der Waals surface area (Å²) in [6.45, 7) is 2.01. The van der Waals surface area contributed by atoms with E-state index in [1.165, 1.54) is 12.8 Å². The number of aromatic nitrogens is 3. The molecule has 0 aromatic carbocycles. The van der Waals surface area contributed by atoms with E-state index in [1.807, 2.05) is 18.3 Å². The quantitative estimate of drug-likeness (QED) is 0.607. The fourth-order valence-electron chi connectivity index (χ4n) is 6.55. The summed E-state index contributed by atoms with van der Waals surface area (Å²) in [5, 5.41) is 11.3. The van der Waals surface area contributed by atoms with Crippen LogP contribution in [0.15, 0.2) is 36.5 Å². The molecule has 1 N–H and O–H groups in total. The van der Waals surface area contributed by atoms with E-state index >= 15 is 0 Å². The number of piperidine rings is 1. The molecular formula is C26H33ClN6O. The summed E-state index contributed by atoms with van der Waals surface area (Å²) in [7, 11) is 4.40. The molecule has 0 aliphatic carbocycles. The fraction of sp³-hybridized carbons (Fsp3) is 0.538. The van der Waals surface area contributed by atoms with Crippen molar-refractivity contribution in [3.05, 3.63) is 58.6 Å². The van der Waals surface area contributed by atoms with Gasteiger partial charge in [-0.2, -0.15) is 0 Å². The van der Waals surface area contributed by atoms with Gasteiger partial charge < -0.3 is 10.0 Å². The van der Waals surface area contributed by atoms with Crippen molar-refractivity contribution in [2.75, 3.05) is 32.1 Å². The lowest BCUT2D eigenvalue weighted by Gasteiger charge is -2.40. The number of fused-ring (bicyclic) bond motifs is 3. The molecule has 3 aromatic rings. The van der Waals surface area contributed by atoms with Crippen molar-refractivity contribution < 1.29 is 5.11 Å². The first-order chi connectivity index (χ1) is 16.6. The van der Waals surface area contributed by atoms with Crippen LogP contribution in [0.2, 0.25) is 5.02 Å². The second-order valence-corrected chi connectivity index (χ2v) is 10.5. The summed E-state index contributed by atoms with van der Waals surface area (Å²) < 4.78 is 2.20. The monoisotopic (exact) mass is 480 g/mol. The van der Waals surface area contributed by atoms with Gasteiger partial charge in [-0.25, -0.2) is 4.98 Å². The van der Waals surface area contributed by atoms with E-state index in [-0.39, 0.29) is 18.7 Å². The van der Waals surface area contributed by atoms with Crippen molar-refractivity contribution in [3.63, 3.8) is 0 Å². The Morgan fingerprint density at radius 2 is 1.68 bits per heavy atom. The molecule has 0 amide bonds. The Bertz CT molecular complexity index is 1180. The van der Waals surface area contributed by atoms with Gasteiger partial charge in [0.1, 0.15) is 11.5 Å². The maximum atomic E-state index is 10.6. The number of imidazole rings is 1. The van der Waals surface area contributed by atoms with Crippen LogP contribution in [0.25, 0.3) is 5.65 Å². The molecule has 4 atom stereocenters. The Kier molecular flexibility index (Phi) is 5.76. The molecule has 7 nitrogen and oxygen atoms in total. The van der Waals surface area contributed by atoms with E-state index in [9.17, 15) is 5.11 Å². The molecule has 34 heavy (non-hydrogen) atoms. The van der Waals surface area contributed by atoms with Crippen LogP contribution in [0, 0.1) is 0 Å². The van der Waals surface area contributed by atoms with Crippen LogP contribution in [-0.2, 0) is 6.61 Å². The largest absolute Gasteiger partial charge is 0.390 e. The number of rotatable bonds is 4. The van der Waals surface area contributed by atoms with Gasteiger partial charge in [-0.1, -0.05) is 17.7 Å². The van der Waals surface area contributed by atoms with Gasteiger partial charge in [0.15, 0.2) is 0 Å². The Hall–Kier alpha value is -2.19. The average molecular weight is 481 g/mol. The second-order valence-electron chi connectivity index (χ2n) is 10.1. The highest BCUT2D eigenvalue weighted by atomic mass is 35.5. The lowest BCUT2D eigenvalue weighted by molar-refractivity contribution is 0.108. The summed E-state index contributed by atoms with van der Waals surface area (Å²) >= 11 is 6.53.